The summed E-state index contributed by atoms with van der Waals surface area (Å²) >= 11 is 0. The predicted octanol–water partition coefficient (Wildman–Crippen LogP) is 1.07. The zero-order chi connectivity index (χ0) is 13.9. The van der Waals surface area contributed by atoms with Crippen LogP contribution in [0.1, 0.15) is 5.69 Å². The summed E-state index contributed by atoms with van der Waals surface area (Å²) in [5.74, 6) is 0. The number of para-hydroxylation sites is 1. The topological polar surface area (TPSA) is 98.0 Å². The van der Waals surface area contributed by atoms with E-state index in [1.807, 2.05) is 0 Å². The van der Waals surface area contributed by atoms with E-state index in [4.69, 9.17) is 5.73 Å². The van der Waals surface area contributed by atoms with Gasteiger partial charge in [-0.2, -0.15) is 0 Å². The van der Waals surface area contributed by atoms with Crippen LogP contribution in [0.4, 0.5) is 11.4 Å². The summed E-state index contributed by atoms with van der Waals surface area (Å²) in [6, 6.07) is 6.63. The Morgan fingerprint density at radius 3 is 2.74 bits per heavy atom. The van der Waals surface area contributed by atoms with Crippen molar-refractivity contribution in [1.29, 1.82) is 0 Å². The second-order valence-corrected chi connectivity index (χ2v) is 6.03. The average molecular weight is 278 g/mol. The number of aromatic nitrogens is 2. The largest absolute Gasteiger partial charge is 0.396 e. The number of rotatable bonds is 4. The predicted molar refractivity (Wildman–Crippen MR) is 73.3 cm³/mol. The summed E-state index contributed by atoms with van der Waals surface area (Å²) in [6.07, 6.45) is 4.22. The molecule has 6 nitrogen and oxygen atoms in total. The maximum absolute atomic E-state index is 11.6. The number of hydrogen-bond acceptors (Lipinski definition) is 6. The fourth-order valence-electron chi connectivity index (χ4n) is 1.63. The lowest BCUT2D eigenvalue weighted by atomic mass is 10.2. The zero-order valence-electron chi connectivity index (χ0n) is 10.4. The second-order valence-electron chi connectivity index (χ2n) is 4.04. The van der Waals surface area contributed by atoms with Crippen LogP contribution >= 0.6 is 0 Å². The molecule has 0 fully saturated rings. The first-order valence-electron chi connectivity index (χ1n) is 5.56. The summed E-state index contributed by atoms with van der Waals surface area (Å²) in [6.45, 7) is 0.444. The van der Waals surface area contributed by atoms with Gasteiger partial charge in [0.2, 0.25) is 0 Å². The summed E-state index contributed by atoms with van der Waals surface area (Å²) < 4.78 is 23.1. The quantitative estimate of drug-likeness (QED) is 0.812. The number of hydrogen-bond donors (Lipinski definition) is 2. The Morgan fingerprint density at radius 2 is 2.11 bits per heavy atom. The molecule has 0 aliphatic rings. The van der Waals surface area contributed by atoms with Crippen LogP contribution in [-0.4, -0.2) is 24.6 Å². The molecule has 0 spiro atoms. The minimum Gasteiger partial charge on any atom is -0.396 e. The Bertz CT molecular complexity index is 671. The molecule has 7 heteroatoms. The lowest BCUT2D eigenvalue weighted by molar-refractivity contribution is 0.602. The van der Waals surface area contributed by atoms with Crippen LogP contribution in [0.3, 0.4) is 0 Å². The zero-order valence-corrected chi connectivity index (χ0v) is 11.2. The maximum atomic E-state index is 11.6. The molecule has 1 heterocycles. The van der Waals surface area contributed by atoms with Gasteiger partial charge in [0, 0.05) is 12.5 Å². The SMILES string of the molecule is CS(=O)(=O)c1cccc(NCc2ccncn2)c1N. The lowest BCUT2D eigenvalue weighted by Crippen LogP contribution is -2.08. The van der Waals surface area contributed by atoms with Gasteiger partial charge < -0.3 is 11.1 Å². The summed E-state index contributed by atoms with van der Waals surface area (Å²) in [4.78, 5) is 8.01. The summed E-state index contributed by atoms with van der Waals surface area (Å²) in [7, 11) is -3.33. The van der Waals surface area contributed by atoms with Crippen LogP contribution in [0.15, 0.2) is 41.7 Å². The monoisotopic (exact) mass is 278 g/mol. The number of nitrogen functional groups attached to an aromatic ring is 1. The Kier molecular flexibility index (Phi) is 3.66. The van der Waals surface area contributed by atoms with Gasteiger partial charge >= 0.3 is 0 Å². The molecule has 0 unspecified atom stereocenters. The highest BCUT2D eigenvalue weighted by molar-refractivity contribution is 7.90. The molecule has 0 aliphatic heterocycles. The van der Waals surface area contributed by atoms with Crippen molar-refractivity contribution in [3.05, 3.63) is 42.5 Å². The Hall–Kier alpha value is -2.15. The molecule has 0 radical (unpaired) electrons. The number of sulfone groups is 1. The lowest BCUT2D eigenvalue weighted by Gasteiger charge is -2.11. The van der Waals surface area contributed by atoms with E-state index < -0.39 is 9.84 Å². The van der Waals surface area contributed by atoms with Gasteiger partial charge in [-0.25, -0.2) is 18.4 Å². The maximum Gasteiger partial charge on any atom is 0.177 e. The normalized spacial score (nSPS) is 11.2. The molecule has 0 atom stereocenters. The van der Waals surface area contributed by atoms with Gasteiger partial charge in [-0.1, -0.05) is 6.07 Å². The van der Waals surface area contributed by atoms with E-state index in [0.717, 1.165) is 11.9 Å². The molecule has 0 aliphatic carbocycles. The third-order valence-electron chi connectivity index (χ3n) is 2.57. The van der Waals surface area contributed by atoms with Crippen molar-refractivity contribution in [3.63, 3.8) is 0 Å². The van der Waals surface area contributed by atoms with Crippen molar-refractivity contribution in [2.75, 3.05) is 17.3 Å². The highest BCUT2D eigenvalue weighted by Crippen LogP contribution is 2.26. The molecule has 0 saturated heterocycles. The van der Waals surface area contributed by atoms with Crippen LogP contribution in [-0.2, 0) is 16.4 Å². The Balaban J connectivity index is 2.23. The first-order chi connectivity index (χ1) is 8.98. The Labute approximate surface area is 111 Å². The number of nitrogens with zero attached hydrogens (tertiary/aromatic N) is 2. The first kappa shape index (κ1) is 13.3. The van der Waals surface area contributed by atoms with Gasteiger partial charge in [-0.05, 0) is 18.2 Å². The van der Waals surface area contributed by atoms with Crippen LogP contribution in [0.25, 0.3) is 0 Å². The van der Waals surface area contributed by atoms with E-state index in [2.05, 4.69) is 15.3 Å². The smallest absolute Gasteiger partial charge is 0.177 e. The standard InChI is InChI=1S/C12H14N4O2S/c1-19(17,18)11-4-2-3-10(12(11)13)15-7-9-5-6-14-8-16-9/h2-6,8,15H,7,13H2,1H3. The number of nitrogens with one attached hydrogen (secondary N) is 1. The Morgan fingerprint density at radius 1 is 1.32 bits per heavy atom. The fourth-order valence-corrected chi connectivity index (χ4v) is 2.47. The summed E-state index contributed by atoms with van der Waals surface area (Å²) in [5, 5.41) is 3.06. The van der Waals surface area contributed by atoms with Gasteiger partial charge in [-0.15, -0.1) is 0 Å². The van der Waals surface area contributed by atoms with Crippen molar-refractivity contribution in [2.24, 2.45) is 0 Å². The number of anilines is 2. The molecule has 0 amide bonds. The van der Waals surface area contributed by atoms with Crippen LogP contribution < -0.4 is 11.1 Å². The minimum atomic E-state index is -3.33. The second kappa shape index (κ2) is 5.23. The van der Waals surface area contributed by atoms with Crippen LogP contribution in [0.2, 0.25) is 0 Å². The number of benzene rings is 1. The van der Waals surface area contributed by atoms with Crippen molar-refractivity contribution >= 4 is 21.2 Å². The molecule has 1 aromatic carbocycles. The fraction of sp³-hybridized carbons (Fsp3) is 0.167. The highest BCUT2D eigenvalue weighted by atomic mass is 32.2. The van der Waals surface area contributed by atoms with E-state index in [1.54, 1.807) is 24.4 Å². The first-order valence-corrected chi connectivity index (χ1v) is 7.45. The molecule has 2 rings (SSSR count). The molecule has 0 bridgehead atoms. The molecule has 1 aromatic heterocycles. The highest BCUT2D eigenvalue weighted by Gasteiger charge is 2.13. The number of nitrogens with two attached hydrogens (primary N) is 1. The van der Waals surface area contributed by atoms with Crippen molar-refractivity contribution in [3.8, 4) is 0 Å². The van der Waals surface area contributed by atoms with Gasteiger partial charge in [-0.3, -0.25) is 0 Å². The molecule has 19 heavy (non-hydrogen) atoms. The van der Waals surface area contributed by atoms with E-state index in [1.165, 1.54) is 12.4 Å². The van der Waals surface area contributed by atoms with E-state index in [9.17, 15) is 8.42 Å². The van der Waals surface area contributed by atoms with Gasteiger partial charge in [0.15, 0.2) is 9.84 Å². The van der Waals surface area contributed by atoms with E-state index in [-0.39, 0.29) is 10.6 Å². The molecule has 0 saturated carbocycles. The van der Waals surface area contributed by atoms with Gasteiger partial charge in [0.1, 0.15) is 6.33 Å². The third kappa shape index (κ3) is 3.19. The van der Waals surface area contributed by atoms with E-state index in [0.29, 0.717) is 12.2 Å². The molecular formula is C12H14N4O2S. The van der Waals surface area contributed by atoms with Crippen molar-refractivity contribution < 1.29 is 8.42 Å². The molecule has 3 N–H and O–H groups in total. The summed E-state index contributed by atoms with van der Waals surface area (Å²) in [5.41, 5.74) is 7.44. The van der Waals surface area contributed by atoms with Crippen molar-refractivity contribution in [2.45, 2.75) is 11.4 Å². The van der Waals surface area contributed by atoms with Crippen LogP contribution in [0.5, 0.6) is 0 Å². The van der Waals surface area contributed by atoms with Crippen LogP contribution in [0, 0.1) is 0 Å². The van der Waals surface area contributed by atoms with E-state index >= 15 is 0 Å². The average Bonchev–Trinajstić information content (AvgIpc) is 2.37. The van der Waals surface area contributed by atoms with Gasteiger partial charge in [0.05, 0.1) is 28.5 Å². The third-order valence-corrected chi connectivity index (χ3v) is 3.72. The minimum absolute atomic E-state index is 0.125. The van der Waals surface area contributed by atoms with Crippen molar-refractivity contribution in [1.82, 2.24) is 9.97 Å². The van der Waals surface area contributed by atoms with Gasteiger partial charge in [0.25, 0.3) is 0 Å². The molecular weight excluding hydrogens is 264 g/mol. The molecule has 100 valence electrons. The molecule has 2 aromatic rings.